The van der Waals surface area contributed by atoms with E-state index < -0.39 is 18.0 Å². The molecule has 8 aliphatic carbocycles. The summed E-state index contributed by atoms with van der Waals surface area (Å²) in [5, 5.41) is 2.54. The summed E-state index contributed by atoms with van der Waals surface area (Å²) in [4.78, 5) is 0. The molecule has 3 N–H and O–H groups in total. The topological polar surface area (TPSA) is 98.8 Å². The summed E-state index contributed by atoms with van der Waals surface area (Å²) in [6, 6.07) is 28.5. The zero-order valence-electron chi connectivity index (χ0n) is 40.4. The van der Waals surface area contributed by atoms with Crippen LogP contribution in [0.15, 0.2) is 72.8 Å². The number of anilines is 1. The van der Waals surface area contributed by atoms with E-state index in [-0.39, 0.29) is 20.4 Å². The predicted molar refractivity (Wildman–Crippen MR) is 268 cm³/mol. The summed E-state index contributed by atoms with van der Waals surface area (Å²) >= 11 is 0. The fourth-order valence-electron chi connectivity index (χ4n) is 14.6. The van der Waals surface area contributed by atoms with Gasteiger partial charge >= 0.3 is 0 Å². The van der Waals surface area contributed by atoms with Gasteiger partial charge in [0.15, 0.2) is 0 Å². The standard InChI is InChI=1S/C43H61O2P.C12H10N.CH4O3S.Pd/c1-25(2)34-17-35(26(3)4)39(36(18-34)27(5)6)40-37(44-7)9-10-38(45-8)41(40)46(42-19-28-11-29(20-42)13-30(12-28)21-42)43-22-31-14-32(23-43)16-33(15-31)24-43;13-12-9-5-4-8-11(12)10-6-2-1-3-7-10;1-5(2,3)4;/h9-10,17-18,25-33H,11-16,19-24H2,1-8H3;1-6,8-9H,13H2;1H3,(H,2,3,4);/q;-1;;. The molecule has 0 spiro atoms. The summed E-state index contributed by atoms with van der Waals surface area (Å²) in [7, 11) is -0.253. The Bertz CT molecular complexity index is 2240. The third-order valence-electron chi connectivity index (χ3n) is 16.1. The summed E-state index contributed by atoms with van der Waals surface area (Å²) in [6.07, 6.45) is 18.7. The molecule has 8 saturated carbocycles. The van der Waals surface area contributed by atoms with Gasteiger partial charge in [-0.25, -0.2) is 0 Å². The van der Waals surface area contributed by atoms with Crippen molar-refractivity contribution in [3.63, 3.8) is 0 Å². The molecule has 356 valence electrons. The van der Waals surface area contributed by atoms with Crippen molar-refractivity contribution in [1.82, 2.24) is 0 Å². The average Bonchev–Trinajstić information content (AvgIpc) is 3.22. The Balaban J connectivity index is 0.000000277. The minimum Gasteiger partial charge on any atom is -0.496 e. The second kappa shape index (κ2) is 20.1. The van der Waals surface area contributed by atoms with E-state index in [1.165, 1.54) is 111 Å². The molecule has 12 rings (SSSR count). The Morgan fingerprint density at radius 3 is 1.43 bits per heavy atom. The van der Waals surface area contributed by atoms with Crippen molar-refractivity contribution < 1.29 is 42.9 Å². The van der Waals surface area contributed by atoms with E-state index >= 15 is 0 Å². The number of methoxy groups -OCH3 is 2. The van der Waals surface area contributed by atoms with E-state index in [0.29, 0.717) is 34.3 Å². The molecule has 0 amide bonds. The number of nitrogens with two attached hydrogens (primary N) is 1. The second-order valence-corrected chi connectivity index (χ2v) is 26.4. The maximum atomic E-state index is 9.19. The minimum absolute atomic E-state index is 0. The van der Waals surface area contributed by atoms with Crippen LogP contribution in [0.3, 0.4) is 0 Å². The minimum atomic E-state index is -3.67. The van der Waals surface area contributed by atoms with Crippen LogP contribution in [-0.4, -0.2) is 43.8 Å². The maximum absolute atomic E-state index is 9.19. The first-order valence-electron chi connectivity index (χ1n) is 24.4. The quantitative estimate of drug-likeness (QED) is 0.0540. The molecule has 6 nitrogen and oxygen atoms in total. The average molecular weight is 1010 g/mol. The molecule has 0 heterocycles. The molecule has 0 unspecified atom stereocenters. The zero-order chi connectivity index (χ0) is 45.7. The van der Waals surface area contributed by atoms with E-state index in [1.54, 1.807) is 5.30 Å². The number of hydrogen-bond donors (Lipinski definition) is 2. The first-order chi connectivity index (χ1) is 30.4. The van der Waals surface area contributed by atoms with Gasteiger partial charge in [-0.15, -0.1) is 35.9 Å². The van der Waals surface area contributed by atoms with Gasteiger partial charge in [0.2, 0.25) is 0 Å². The van der Waals surface area contributed by atoms with Gasteiger partial charge in [-0.3, -0.25) is 4.55 Å². The zero-order valence-corrected chi connectivity index (χ0v) is 43.7. The molecule has 8 bridgehead atoms. The van der Waals surface area contributed by atoms with Crippen LogP contribution in [0.5, 0.6) is 11.5 Å². The van der Waals surface area contributed by atoms with Gasteiger partial charge in [0.1, 0.15) is 11.5 Å². The van der Waals surface area contributed by atoms with Gasteiger partial charge < -0.3 is 15.2 Å². The van der Waals surface area contributed by atoms with Crippen LogP contribution in [0.2, 0.25) is 0 Å². The van der Waals surface area contributed by atoms with Crippen LogP contribution in [0.25, 0.3) is 22.3 Å². The number of nitrogen functional groups attached to an aromatic ring is 1. The predicted octanol–water partition coefficient (Wildman–Crippen LogP) is 14.0. The van der Waals surface area contributed by atoms with Crippen LogP contribution < -0.4 is 20.5 Å². The largest absolute Gasteiger partial charge is 0.496 e. The van der Waals surface area contributed by atoms with Crippen molar-refractivity contribution in [3.05, 3.63) is 95.6 Å². The molecule has 0 aromatic heterocycles. The fourth-order valence-corrected chi connectivity index (χ4v) is 20.0. The molecule has 9 heteroatoms. The van der Waals surface area contributed by atoms with E-state index in [4.69, 9.17) is 19.8 Å². The Morgan fingerprint density at radius 2 is 1.06 bits per heavy atom. The third kappa shape index (κ3) is 10.5. The Morgan fingerprint density at radius 1 is 0.646 bits per heavy atom. The Labute approximate surface area is 407 Å². The molecule has 4 aromatic carbocycles. The molecule has 0 aliphatic heterocycles. The molecule has 4 aromatic rings. The van der Waals surface area contributed by atoms with Crippen molar-refractivity contribution in [3.8, 4) is 33.8 Å². The molecule has 0 saturated heterocycles. The third-order valence-corrected chi connectivity index (χ3v) is 20.0. The summed E-state index contributed by atoms with van der Waals surface area (Å²) in [5.74, 6) is 9.33. The second-order valence-electron chi connectivity index (χ2n) is 21.9. The van der Waals surface area contributed by atoms with Crippen LogP contribution in [-0.2, 0) is 30.5 Å². The van der Waals surface area contributed by atoms with Crippen molar-refractivity contribution in [1.29, 1.82) is 0 Å². The van der Waals surface area contributed by atoms with E-state index in [1.807, 2.05) is 62.8 Å². The van der Waals surface area contributed by atoms with Gasteiger partial charge in [-0.1, -0.05) is 85.4 Å². The molecule has 0 atom stereocenters. The van der Waals surface area contributed by atoms with E-state index in [2.05, 4.69) is 71.9 Å². The number of hydrogen-bond acceptors (Lipinski definition) is 5. The van der Waals surface area contributed by atoms with Gasteiger partial charge in [0, 0.05) is 31.3 Å². The summed E-state index contributed by atoms with van der Waals surface area (Å²) in [6.45, 7) is 14.4. The monoisotopic (exact) mass is 1010 g/mol. The molecule has 8 aliphatic rings. The van der Waals surface area contributed by atoms with Crippen LogP contribution >= 0.6 is 7.92 Å². The maximum Gasteiger partial charge on any atom is 0.261 e. The van der Waals surface area contributed by atoms with E-state index in [0.717, 1.165) is 58.1 Å². The molecule has 0 radical (unpaired) electrons. The SMILES string of the molecule is COc1ccc(OC)c(P(C23CC4CC(CC(C4)C2)C3)C23CC4CC(CC(C4)C2)C3)c1-c1c(C(C)C)cc(C(C)C)cc1C(C)C.CS(=O)(=O)O.Nc1ccccc1-c1[c-]cccc1.[Pd]. The number of ether oxygens (including phenoxy) is 2. The first-order valence-corrected chi connectivity index (χ1v) is 27.6. The molecular weight excluding hydrogens is 936 g/mol. The Hall–Kier alpha value is -2.72. The van der Waals surface area contributed by atoms with Gasteiger partial charge in [0.05, 0.1) is 20.5 Å². The van der Waals surface area contributed by atoms with Crippen molar-refractivity contribution >= 4 is 29.0 Å². The summed E-state index contributed by atoms with van der Waals surface area (Å²) in [5.41, 5.74) is 16.1. The first kappa shape index (κ1) is 50.2. The van der Waals surface area contributed by atoms with E-state index in [9.17, 15) is 8.42 Å². The van der Waals surface area contributed by atoms with Crippen LogP contribution in [0, 0.1) is 41.6 Å². The van der Waals surface area contributed by atoms with Gasteiger partial charge in [0.25, 0.3) is 10.1 Å². The van der Waals surface area contributed by atoms with Crippen molar-refractivity contribution in [2.24, 2.45) is 35.5 Å². The Kier molecular flexibility index (Phi) is 15.5. The summed E-state index contributed by atoms with van der Waals surface area (Å²) < 4.78 is 39.0. The van der Waals surface area contributed by atoms with Crippen LogP contribution in [0.4, 0.5) is 5.69 Å². The van der Waals surface area contributed by atoms with Crippen LogP contribution in [0.1, 0.15) is 153 Å². The number of para-hydroxylation sites is 1. The molecular formula is C56H75NO5PPdS-. The smallest absolute Gasteiger partial charge is 0.261 e. The number of rotatable bonds is 10. The van der Waals surface area contributed by atoms with Gasteiger partial charge in [-0.2, -0.15) is 8.42 Å². The van der Waals surface area contributed by atoms with Gasteiger partial charge in [-0.05, 0) is 187 Å². The normalized spacial score (nSPS) is 28.6. The molecule has 8 fully saturated rings. The van der Waals surface area contributed by atoms with Crippen molar-refractivity contribution in [2.75, 3.05) is 26.2 Å². The van der Waals surface area contributed by atoms with Crippen molar-refractivity contribution in [2.45, 2.75) is 147 Å². The number of benzene rings is 4. The fraction of sp³-hybridized carbons (Fsp3) is 0.571. The molecule has 65 heavy (non-hydrogen) atoms.